The number of nitrogens with zero attached hydrogens (tertiary/aromatic N) is 2. The molecular weight excluding hydrogens is 288 g/mol. The molecule has 0 spiro atoms. The monoisotopic (exact) mass is 306 g/mol. The van der Waals surface area contributed by atoms with Crippen LogP contribution in [0.15, 0.2) is 24.3 Å². The van der Waals surface area contributed by atoms with E-state index in [1.165, 1.54) is 0 Å². The number of carbonyl (C=O) groups is 1. The largest absolute Gasteiger partial charge is 0.385 e. The molecule has 3 rings (SSSR count). The maximum absolute atomic E-state index is 12.5. The Morgan fingerprint density at radius 3 is 2.95 bits per heavy atom. The predicted octanol–water partition coefficient (Wildman–Crippen LogP) is 2.76. The number of amides is 1. The van der Waals surface area contributed by atoms with Crippen molar-refractivity contribution in [1.29, 1.82) is 0 Å². The number of hydrogen-bond donors (Lipinski definition) is 2. The van der Waals surface area contributed by atoms with Crippen molar-refractivity contribution in [2.45, 2.75) is 19.8 Å². The van der Waals surface area contributed by atoms with Crippen LogP contribution in [0.3, 0.4) is 0 Å². The van der Waals surface area contributed by atoms with Crippen LogP contribution in [-0.4, -0.2) is 22.2 Å². The highest BCUT2D eigenvalue weighted by molar-refractivity contribution is 6.05. The molecular formula is C15H19ClN4O. The fourth-order valence-corrected chi connectivity index (χ4v) is 2.63. The molecule has 2 heterocycles. The first-order valence-corrected chi connectivity index (χ1v) is 6.83. The van der Waals surface area contributed by atoms with Gasteiger partial charge in [0.25, 0.3) is 5.91 Å². The molecule has 0 radical (unpaired) electrons. The Kier molecular flexibility index (Phi) is 4.53. The Morgan fingerprint density at radius 1 is 1.43 bits per heavy atom. The lowest BCUT2D eigenvalue weighted by Crippen LogP contribution is -2.20. The highest BCUT2D eigenvalue weighted by atomic mass is 35.5. The van der Waals surface area contributed by atoms with Gasteiger partial charge in [0, 0.05) is 30.9 Å². The van der Waals surface area contributed by atoms with Gasteiger partial charge in [-0.05, 0) is 37.5 Å². The lowest BCUT2D eigenvalue weighted by Gasteiger charge is -2.20. The Balaban J connectivity index is 0.00000161. The number of hydrogen-bond acceptors (Lipinski definition) is 3. The molecule has 2 aromatic rings. The molecule has 6 heteroatoms. The van der Waals surface area contributed by atoms with Gasteiger partial charge < -0.3 is 10.6 Å². The molecule has 5 nitrogen and oxygen atoms in total. The zero-order chi connectivity index (χ0) is 14.1. The summed E-state index contributed by atoms with van der Waals surface area (Å²) in [4.78, 5) is 12.5. The zero-order valence-electron chi connectivity index (χ0n) is 12.1. The topological polar surface area (TPSA) is 59.0 Å². The van der Waals surface area contributed by atoms with E-state index in [9.17, 15) is 4.79 Å². The molecule has 0 saturated heterocycles. The number of rotatable bonds is 2. The van der Waals surface area contributed by atoms with Crippen molar-refractivity contribution in [3.63, 3.8) is 0 Å². The Bertz CT molecular complexity index is 666. The first-order chi connectivity index (χ1) is 9.65. The quantitative estimate of drug-likeness (QED) is 0.897. The van der Waals surface area contributed by atoms with Gasteiger partial charge in [-0.1, -0.05) is 6.07 Å². The van der Waals surface area contributed by atoms with E-state index in [2.05, 4.69) is 15.7 Å². The minimum Gasteiger partial charge on any atom is -0.385 e. The van der Waals surface area contributed by atoms with Crippen LogP contribution in [0.1, 0.15) is 28.0 Å². The van der Waals surface area contributed by atoms with E-state index in [0.29, 0.717) is 5.82 Å². The van der Waals surface area contributed by atoms with Crippen LogP contribution in [-0.2, 0) is 13.5 Å². The maximum atomic E-state index is 12.5. The third-order valence-electron chi connectivity index (χ3n) is 3.58. The summed E-state index contributed by atoms with van der Waals surface area (Å²) in [5, 5.41) is 10.5. The summed E-state index contributed by atoms with van der Waals surface area (Å²) in [6.07, 6.45) is 2.00. The first-order valence-electron chi connectivity index (χ1n) is 6.83. The molecule has 0 atom stereocenters. The van der Waals surface area contributed by atoms with Crippen molar-refractivity contribution in [2.24, 2.45) is 7.05 Å². The molecule has 0 fully saturated rings. The summed E-state index contributed by atoms with van der Waals surface area (Å²) in [6.45, 7) is 2.88. The molecule has 0 unspecified atom stereocenters. The summed E-state index contributed by atoms with van der Waals surface area (Å²) in [5.41, 5.74) is 3.81. The number of benzene rings is 1. The molecule has 1 aliphatic heterocycles. The summed E-state index contributed by atoms with van der Waals surface area (Å²) in [5.74, 6) is 0.641. The fourth-order valence-electron chi connectivity index (χ4n) is 2.63. The van der Waals surface area contributed by atoms with Gasteiger partial charge in [-0.3, -0.25) is 9.48 Å². The van der Waals surface area contributed by atoms with Gasteiger partial charge in [0.15, 0.2) is 0 Å². The third-order valence-corrected chi connectivity index (χ3v) is 3.58. The average Bonchev–Trinajstić information content (AvgIpc) is 2.76. The number of carbonyl (C=O) groups excluding carboxylic acids is 1. The van der Waals surface area contributed by atoms with Crippen molar-refractivity contribution in [3.8, 4) is 0 Å². The SMILES string of the molecule is Cc1cc(NC(=O)c2cccc3c2CCCN3)n(C)n1.Cl. The molecule has 2 N–H and O–H groups in total. The molecule has 1 aromatic heterocycles. The number of nitrogens with one attached hydrogen (secondary N) is 2. The normalized spacial score (nSPS) is 12.9. The van der Waals surface area contributed by atoms with Crippen molar-refractivity contribution in [1.82, 2.24) is 9.78 Å². The van der Waals surface area contributed by atoms with E-state index in [1.54, 1.807) is 4.68 Å². The maximum Gasteiger partial charge on any atom is 0.257 e. The molecule has 112 valence electrons. The first kappa shape index (κ1) is 15.4. The van der Waals surface area contributed by atoms with Gasteiger partial charge in [-0.2, -0.15) is 5.10 Å². The molecule has 0 aliphatic carbocycles. The van der Waals surface area contributed by atoms with Gasteiger partial charge in [-0.25, -0.2) is 0 Å². The van der Waals surface area contributed by atoms with E-state index < -0.39 is 0 Å². The minimum atomic E-state index is -0.0754. The van der Waals surface area contributed by atoms with Crippen molar-refractivity contribution >= 4 is 29.8 Å². The summed E-state index contributed by atoms with van der Waals surface area (Å²) < 4.78 is 1.68. The lowest BCUT2D eigenvalue weighted by atomic mass is 9.97. The number of anilines is 2. The lowest BCUT2D eigenvalue weighted by molar-refractivity contribution is 0.102. The second-order valence-corrected chi connectivity index (χ2v) is 5.11. The van der Waals surface area contributed by atoms with Gasteiger partial charge in [0.05, 0.1) is 5.69 Å². The minimum absolute atomic E-state index is 0. The smallest absolute Gasteiger partial charge is 0.257 e. The average molecular weight is 307 g/mol. The van der Waals surface area contributed by atoms with E-state index in [1.807, 2.05) is 38.2 Å². The molecule has 1 aliphatic rings. The van der Waals surface area contributed by atoms with E-state index >= 15 is 0 Å². The number of aromatic nitrogens is 2. The Hall–Kier alpha value is -2.01. The fraction of sp³-hybridized carbons (Fsp3) is 0.333. The van der Waals surface area contributed by atoms with Crippen LogP contribution in [0.5, 0.6) is 0 Å². The van der Waals surface area contributed by atoms with Crippen molar-refractivity contribution in [3.05, 3.63) is 41.1 Å². The van der Waals surface area contributed by atoms with Crippen LogP contribution >= 0.6 is 12.4 Å². The van der Waals surface area contributed by atoms with E-state index in [4.69, 9.17) is 0 Å². The second-order valence-electron chi connectivity index (χ2n) is 5.11. The van der Waals surface area contributed by atoms with Crippen LogP contribution in [0.25, 0.3) is 0 Å². The highest BCUT2D eigenvalue weighted by Gasteiger charge is 2.18. The van der Waals surface area contributed by atoms with E-state index in [0.717, 1.165) is 41.9 Å². The third kappa shape index (κ3) is 3.03. The molecule has 21 heavy (non-hydrogen) atoms. The second kappa shape index (κ2) is 6.18. The van der Waals surface area contributed by atoms with Crippen LogP contribution in [0.4, 0.5) is 11.5 Å². The molecule has 0 saturated carbocycles. The Morgan fingerprint density at radius 2 is 2.24 bits per heavy atom. The van der Waals surface area contributed by atoms with Gasteiger partial charge >= 0.3 is 0 Å². The van der Waals surface area contributed by atoms with Crippen molar-refractivity contribution < 1.29 is 4.79 Å². The number of aryl methyl sites for hydroxylation is 2. The van der Waals surface area contributed by atoms with Crippen LogP contribution in [0.2, 0.25) is 0 Å². The molecule has 0 bridgehead atoms. The standard InChI is InChI=1S/C15H18N4O.ClH/c1-10-9-14(19(2)18-10)17-15(20)12-5-3-7-13-11(12)6-4-8-16-13;/h3,5,7,9,16H,4,6,8H2,1-2H3,(H,17,20);1H. The molecule has 1 amide bonds. The summed E-state index contributed by atoms with van der Waals surface area (Å²) >= 11 is 0. The Labute approximate surface area is 130 Å². The predicted molar refractivity (Wildman–Crippen MR) is 86.4 cm³/mol. The zero-order valence-corrected chi connectivity index (χ0v) is 13.0. The van der Waals surface area contributed by atoms with Gasteiger partial charge in [0.1, 0.15) is 5.82 Å². The van der Waals surface area contributed by atoms with Crippen LogP contribution in [0, 0.1) is 6.92 Å². The number of halogens is 1. The summed E-state index contributed by atoms with van der Waals surface area (Å²) in [7, 11) is 1.82. The van der Waals surface area contributed by atoms with Gasteiger partial charge in [-0.15, -0.1) is 12.4 Å². The highest BCUT2D eigenvalue weighted by Crippen LogP contribution is 2.26. The number of fused-ring (bicyclic) bond motifs is 1. The summed E-state index contributed by atoms with van der Waals surface area (Å²) in [6, 6.07) is 7.69. The van der Waals surface area contributed by atoms with Crippen molar-refractivity contribution in [2.75, 3.05) is 17.2 Å². The molecule has 1 aromatic carbocycles. The van der Waals surface area contributed by atoms with Gasteiger partial charge in [0.2, 0.25) is 0 Å². The van der Waals surface area contributed by atoms with Crippen LogP contribution < -0.4 is 10.6 Å². The van der Waals surface area contributed by atoms with E-state index in [-0.39, 0.29) is 18.3 Å².